The van der Waals surface area contributed by atoms with E-state index in [4.69, 9.17) is 4.74 Å². The van der Waals surface area contributed by atoms with Crippen molar-refractivity contribution in [2.24, 2.45) is 0 Å². The zero-order valence-electron chi connectivity index (χ0n) is 12.1. The number of carbonyl (C=O) groups is 2. The van der Waals surface area contributed by atoms with E-state index in [1.165, 1.54) is 0 Å². The Morgan fingerprint density at radius 3 is 2.75 bits per heavy atom. The molecule has 1 atom stereocenters. The monoisotopic (exact) mass is 276 g/mol. The summed E-state index contributed by atoms with van der Waals surface area (Å²) in [6, 6.07) is 5.51. The van der Waals surface area contributed by atoms with Crippen molar-refractivity contribution in [3.8, 4) is 5.75 Å². The van der Waals surface area contributed by atoms with Gasteiger partial charge in [0, 0.05) is 26.9 Å². The summed E-state index contributed by atoms with van der Waals surface area (Å²) in [6.45, 7) is 4.81. The smallest absolute Gasteiger partial charge is 0.254 e. The molecule has 0 aromatic heterocycles. The van der Waals surface area contributed by atoms with Crippen molar-refractivity contribution < 1.29 is 14.3 Å². The fourth-order valence-corrected chi connectivity index (χ4v) is 2.34. The predicted molar refractivity (Wildman–Crippen MR) is 75.9 cm³/mol. The Bertz CT molecular complexity index is 528. The molecule has 1 heterocycles. The average molecular weight is 276 g/mol. The SMILES string of the molecule is CNC(=O)c1ccc(C)cc1O[C@@H]1CCN(C(C)=O)C1. The van der Waals surface area contributed by atoms with Crippen molar-refractivity contribution in [1.82, 2.24) is 10.2 Å². The number of ether oxygens (including phenoxy) is 1. The van der Waals surface area contributed by atoms with Crippen LogP contribution in [0.15, 0.2) is 18.2 Å². The lowest BCUT2D eigenvalue weighted by molar-refractivity contribution is -0.128. The van der Waals surface area contributed by atoms with Crippen LogP contribution < -0.4 is 10.1 Å². The molecule has 108 valence electrons. The second-order valence-electron chi connectivity index (χ2n) is 5.07. The molecule has 5 nitrogen and oxygen atoms in total. The molecule has 2 rings (SSSR count). The number of hydrogen-bond acceptors (Lipinski definition) is 3. The Morgan fingerprint density at radius 1 is 1.40 bits per heavy atom. The molecule has 0 aliphatic carbocycles. The largest absolute Gasteiger partial charge is 0.488 e. The molecule has 20 heavy (non-hydrogen) atoms. The first kappa shape index (κ1) is 14.4. The predicted octanol–water partition coefficient (Wildman–Crippen LogP) is 1.35. The molecule has 0 radical (unpaired) electrons. The number of carbonyl (C=O) groups excluding carboxylic acids is 2. The fourth-order valence-electron chi connectivity index (χ4n) is 2.34. The highest BCUT2D eigenvalue weighted by Crippen LogP contribution is 2.24. The van der Waals surface area contributed by atoms with Gasteiger partial charge in [-0.2, -0.15) is 0 Å². The van der Waals surface area contributed by atoms with Crippen molar-refractivity contribution in [3.63, 3.8) is 0 Å². The quantitative estimate of drug-likeness (QED) is 0.906. The molecular weight excluding hydrogens is 256 g/mol. The summed E-state index contributed by atoms with van der Waals surface area (Å²) in [4.78, 5) is 24.9. The van der Waals surface area contributed by atoms with Crippen LogP contribution >= 0.6 is 0 Å². The van der Waals surface area contributed by atoms with Crippen LogP contribution in [0.1, 0.15) is 29.3 Å². The summed E-state index contributed by atoms with van der Waals surface area (Å²) in [6.07, 6.45) is 0.741. The molecule has 5 heteroatoms. The highest BCUT2D eigenvalue weighted by atomic mass is 16.5. The van der Waals surface area contributed by atoms with Crippen LogP contribution in [0.25, 0.3) is 0 Å². The van der Waals surface area contributed by atoms with Crippen molar-refractivity contribution in [2.75, 3.05) is 20.1 Å². The van der Waals surface area contributed by atoms with Gasteiger partial charge < -0.3 is 15.0 Å². The molecule has 0 spiro atoms. The van der Waals surface area contributed by atoms with Gasteiger partial charge >= 0.3 is 0 Å². The Balaban J connectivity index is 2.15. The van der Waals surface area contributed by atoms with E-state index < -0.39 is 0 Å². The van der Waals surface area contributed by atoms with E-state index in [0.717, 1.165) is 12.0 Å². The van der Waals surface area contributed by atoms with E-state index in [0.29, 0.717) is 24.4 Å². The fraction of sp³-hybridized carbons (Fsp3) is 0.467. The lowest BCUT2D eigenvalue weighted by Gasteiger charge is -2.17. The molecule has 0 saturated carbocycles. The zero-order valence-corrected chi connectivity index (χ0v) is 12.1. The second kappa shape index (κ2) is 5.94. The van der Waals surface area contributed by atoms with Gasteiger partial charge in [-0.3, -0.25) is 9.59 Å². The van der Waals surface area contributed by atoms with Gasteiger partial charge in [-0.15, -0.1) is 0 Å². The standard InChI is InChI=1S/C15H20N2O3/c1-10-4-5-13(15(19)16-3)14(8-10)20-12-6-7-17(9-12)11(2)18/h4-5,8,12H,6-7,9H2,1-3H3,(H,16,19)/t12-/m1/s1. The number of rotatable bonds is 3. The van der Waals surface area contributed by atoms with Gasteiger partial charge in [-0.1, -0.05) is 6.07 Å². The van der Waals surface area contributed by atoms with E-state index in [1.54, 1.807) is 24.9 Å². The molecule has 1 aromatic carbocycles. The number of benzene rings is 1. The van der Waals surface area contributed by atoms with Crippen LogP contribution in [0.5, 0.6) is 5.75 Å². The van der Waals surface area contributed by atoms with Crippen molar-refractivity contribution in [2.45, 2.75) is 26.4 Å². The van der Waals surface area contributed by atoms with E-state index >= 15 is 0 Å². The molecule has 1 N–H and O–H groups in total. The van der Waals surface area contributed by atoms with Crippen molar-refractivity contribution >= 4 is 11.8 Å². The van der Waals surface area contributed by atoms with Gasteiger partial charge in [-0.05, 0) is 24.6 Å². The van der Waals surface area contributed by atoms with Crippen LogP contribution in [0.3, 0.4) is 0 Å². The minimum Gasteiger partial charge on any atom is -0.488 e. The average Bonchev–Trinajstić information content (AvgIpc) is 2.87. The molecule has 1 saturated heterocycles. The summed E-state index contributed by atoms with van der Waals surface area (Å²) >= 11 is 0. The first-order chi connectivity index (χ1) is 9.51. The van der Waals surface area contributed by atoms with Crippen molar-refractivity contribution in [1.29, 1.82) is 0 Å². The van der Waals surface area contributed by atoms with Crippen LogP contribution in [0.4, 0.5) is 0 Å². The molecular formula is C15H20N2O3. The number of nitrogens with zero attached hydrogens (tertiary/aromatic N) is 1. The van der Waals surface area contributed by atoms with Crippen molar-refractivity contribution in [3.05, 3.63) is 29.3 Å². The van der Waals surface area contributed by atoms with Gasteiger partial charge in [0.25, 0.3) is 5.91 Å². The Morgan fingerprint density at radius 2 is 2.15 bits per heavy atom. The Kier molecular flexibility index (Phi) is 4.27. The highest BCUT2D eigenvalue weighted by Gasteiger charge is 2.26. The third-order valence-corrected chi connectivity index (χ3v) is 3.49. The summed E-state index contributed by atoms with van der Waals surface area (Å²) < 4.78 is 5.94. The Labute approximate surface area is 118 Å². The summed E-state index contributed by atoms with van der Waals surface area (Å²) in [5, 5.41) is 2.61. The third kappa shape index (κ3) is 3.10. The lowest BCUT2D eigenvalue weighted by atomic mass is 10.1. The lowest BCUT2D eigenvalue weighted by Crippen LogP contribution is -2.29. The number of aryl methyl sites for hydroxylation is 1. The zero-order chi connectivity index (χ0) is 14.7. The topological polar surface area (TPSA) is 58.6 Å². The summed E-state index contributed by atoms with van der Waals surface area (Å²) in [5.41, 5.74) is 1.56. The highest BCUT2D eigenvalue weighted by molar-refractivity contribution is 5.96. The molecule has 0 unspecified atom stereocenters. The normalized spacial score (nSPS) is 17.9. The number of likely N-dealkylation sites (tertiary alicyclic amines) is 1. The van der Waals surface area contributed by atoms with E-state index in [2.05, 4.69) is 5.32 Å². The first-order valence-electron chi connectivity index (χ1n) is 6.76. The van der Waals surface area contributed by atoms with Gasteiger partial charge in [0.15, 0.2) is 0 Å². The van der Waals surface area contributed by atoms with E-state index in [1.807, 2.05) is 19.1 Å². The van der Waals surface area contributed by atoms with Crippen LogP contribution in [-0.4, -0.2) is 43.0 Å². The molecule has 1 fully saturated rings. The van der Waals surface area contributed by atoms with E-state index in [9.17, 15) is 9.59 Å². The van der Waals surface area contributed by atoms with E-state index in [-0.39, 0.29) is 17.9 Å². The first-order valence-corrected chi connectivity index (χ1v) is 6.76. The molecule has 0 bridgehead atoms. The van der Waals surface area contributed by atoms with Crippen LogP contribution in [-0.2, 0) is 4.79 Å². The number of nitrogens with one attached hydrogen (secondary N) is 1. The maximum Gasteiger partial charge on any atom is 0.254 e. The van der Waals surface area contributed by atoms with Gasteiger partial charge in [0.2, 0.25) is 5.91 Å². The minimum atomic E-state index is -0.165. The number of hydrogen-bond donors (Lipinski definition) is 1. The maximum absolute atomic E-state index is 11.8. The summed E-state index contributed by atoms with van der Waals surface area (Å²) in [7, 11) is 1.60. The van der Waals surface area contributed by atoms with Crippen LogP contribution in [0.2, 0.25) is 0 Å². The Hall–Kier alpha value is -2.04. The van der Waals surface area contributed by atoms with Gasteiger partial charge in [-0.25, -0.2) is 0 Å². The van der Waals surface area contributed by atoms with Crippen LogP contribution in [0, 0.1) is 6.92 Å². The minimum absolute atomic E-state index is 0.0518. The molecule has 1 aromatic rings. The molecule has 1 aliphatic heterocycles. The van der Waals surface area contributed by atoms with Gasteiger partial charge in [0.1, 0.15) is 11.9 Å². The molecule has 1 aliphatic rings. The third-order valence-electron chi connectivity index (χ3n) is 3.49. The molecule has 2 amide bonds. The number of amides is 2. The van der Waals surface area contributed by atoms with Gasteiger partial charge in [0.05, 0.1) is 12.1 Å². The summed E-state index contributed by atoms with van der Waals surface area (Å²) in [5.74, 6) is 0.480. The second-order valence-corrected chi connectivity index (χ2v) is 5.07. The maximum atomic E-state index is 11.8.